The van der Waals surface area contributed by atoms with Crippen molar-refractivity contribution in [1.82, 2.24) is 4.90 Å². The highest BCUT2D eigenvalue weighted by atomic mass is 15.1. The Kier molecular flexibility index (Phi) is 5.86. The molecule has 128 valence electrons. The maximum atomic E-state index is 5.78. The zero-order valence-electron chi connectivity index (χ0n) is 14.8. The average molecular weight is 330 g/mol. The van der Waals surface area contributed by atoms with Crippen molar-refractivity contribution in [2.45, 2.75) is 18.9 Å². The van der Waals surface area contributed by atoms with E-state index in [0.717, 1.165) is 25.1 Å². The fourth-order valence-corrected chi connectivity index (χ4v) is 3.19. The van der Waals surface area contributed by atoms with Crippen molar-refractivity contribution >= 4 is 5.69 Å². The molecule has 0 heterocycles. The van der Waals surface area contributed by atoms with Crippen LogP contribution in [0.4, 0.5) is 5.69 Å². The van der Waals surface area contributed by atoms with Gasteiger partial charge in [-0.3, -0.25) is 4.90 Å². The number of nitrogens with two attached hydrogens (primary N) is 1. The Balaban J connectivity index is 1.72. The number of nitrogens with zero attached hydrogens (tertiary/aromatic N) is 1. The second-order valence-corrected chi connectivity index (χ2v) is 6.59. The molecule has 1 atom stereocenters. The van der Waals surface area contributed by atoms with Crippen molar-refractivity contribution in [3.63, 3.8) is 0 Å². The number of hydrogen-bond acceptors (Lipinski definition) is 2. The smallest absolute Gasteiger partial charge is 0.0385 e. The second kappa shape index (κ2) is 8.50. The normalized spacial score (nSPS) is 12.2. The van der Waals surface area contributed by atoms with Crippen LogP contribution in [0.5, 0.6) is 0 Å². The van der Waals surface area contributed by atoms with E-state index >= 15 is 0 Å². The van der Waals surface area contributed by atoms with E-state index in [1.165, 1.54) is 16.7 Å². The van der Waals surface area contributed by atoms with Gasteiger partial charge >= 0.3 is 0 Å². The molecule has 0 bridgehead atoms. The summed E-state index contributed by atoms with van der Waals surface area (Å²) in [5, 5.41) is 0. The second-order valence-electron chi connectivity index (χ2n) is 6.59. The largest absolute Gasteiger partial charge is 0.399 e. The molecule has 2 N–H and O–H groups in total. The average Bonchev–Trinajstić information content (AvgIpc) is 2.67. The van der Waals surface area contributed by atoms with Crippen molar-refractivity contribution in [2.24, 2.45) is 0 Å². The third-order valence-electron chi connectivity index (χ3n) is 4.72. The van der Waals surface area contributed by atoms with Crippen molar-refractivity contribution in [2.75, 3.05) is 19.3 Å². The Morgan fingerprint density at radius 1 is 0.760 bits per heavy atom. The minimum atomic E-state index is 0.373. The highest BCUT2D eigenvalue weighted by Crippen LogP contribution is 2.24. The zero-order chi connectivity index (χ0) is 17.5. The number of likely N-dealkylation sites (N-methyl/N-ethyl adjacent to an activating group) is 1. The fraction of sp³-hybridized carbons (Fsp3) is 0.217. The third-order valence-corrected chi connectivity index (χ3v) is 4.72. The van der Waals surface area contributed by atoms with E-state index in [9.17, 15) is 0 Å². The van der Waals surface area contributed by atoms with Crippen molar-refractivity contribution in [3.05, 3.63) is 102 Å². The Labute approximate surface area is 150 Å². The van der Waals surface area contributed by atoms with Gasteiger partial charge in [-0.05, 0) is 48.7 Å². The topological polar surface area (TPSA) is 29.3 Å². The monoisotopic (exact) mass is 330 g/mol. The molecule has 2 heteroatoms. The van der Waals surface area contributed by atoms with Crippen LogP contribution in [0.3, 0.4) is 0 Å². The first kappa shape index (κ1) is 17.2. The lowest BCUT2D eigenvalue weighted by molar-refractivity contribution is 0.246. The Bertz CT molecular complexity index is 751. The summed E-state index contributed by atoms with van der Waals surface area (Å²) in [6, 6.07) is 30.1. The van der Waals surface area contributed by atoms with Crippen LogP contribution in [0.1, 0.15) is 22.7 Å². The highest BCUT2D eigenvalue weighted by molar-refractivity contribution is 5.39. The van der Waals surface area contributed by atoms with E-state index in [2.05, 4.69) is 84.7 Å². The molecule has 0 aliphatic carbocycles. The molecule has 1 unspecified atom stereocenters. The van der Waals surface area contributed by atoms with Gasteiger partial charge in [0, 0.05) is 18.3 Å². The van der Waals surface area contributed by atoms with Gasteiger partial charge in [-0.1, -0.05) is 72.8 Å². The van der Waals surface area contributed by atoms with Crippen molar-refractivity contribution in [1.29, 1.82) is 0 Å². The third kappa shape index (κ3) is 4.94. The van der Waals surface area contributed by atoms with Crippen molar-refractivity contribution in [3.8, 4) is 0 Å². The predicted molar refractivity (Wildman–Crippen MR) is 107 cm³/mol. The van der Waals surface area contributed by atoms with Gasteiger partial charge in [-0.25, -0.2) is 0 Å². The molecular formula is C23H26N2. The number of hydrogen-bond donors (Lipinski definition) is 1. The van der Waals surface area contributed by atoms with E-state index < -0.39 is 0 Å². The summed E-state index contributed by atoms with van der Waals surface area (Å²) in [6.07, 6.45) is 2.04. The SMILES string of the molecule is CN(CCc1ccc(N)cc1)C(Cc1ccccc1)c1ccccc1. The van der Waals surface area contributed by atoms with Gasteiger partial charge in [0.15, 0.2) is 0 Å². The molecule has 25 heavy (non-hydrogen) atoms. The molecule has 3 aromatic rings. The maximum absolute atomic E-state index is 5.78. The van der Waals surface area contributed by atoms with Crippen LogP contribution in [0.2, 0.25) is 0 Å². The van der Waals surface area contributed by atoms with Gasteiger partial charge in [-0.15, -0.1) is 0 Å². The van der Waals surface area contributed by atoms with Gasteiger partial charge in [-0.2, -0.15) is 0 Å². The molecule has 0 spiro atoms. The number of rotatable bonds is 7. The summed E-state index contributed by atoms with van der Waals surface area (Å²) >= 11 is 0. The standard InChI is InChI=1S/C23H26N2/c1-25(17-16-19-12-14-22(24)15-13-19)23(21-10-6-3-7-11-21)18-20-8-4-2-5-9-20/h2-15,23H,16-18,24H2,1H3. The van der Waals surface area contributed by atoms with Crippen LogP contribution in [-0.4, -0.2) is 18.5 Å². The lowest BCUT2D eigenvalue weighted by Gasteiger charge is -2.29. The van der Waals surface area contributed by atoms with E-state index in [1.54, 1.807) is 0 Å². The van der Waals surface area contributed by atoms with Gasteiger partial charge in [0.25, 0.3) is 0 Å². The highest BCUT2D eigenvalue weighted by Gasteiger charge is 2.17. The van der Waals surface area contributed by atoms with Crippen LogP contribution in [0.15, 0.2) is 84.9 Å². The van der Waals surface area contributed by atoms with Crippen LogP contribution < -0.4 is 5.73 Å². The summed E-state index contributed by atoms with van der Waals surface area (Å²) in [6.45, 7) is 1.01. The summed E-state index contributed by atoms with van der Waals surface area (Å²) in [7, 11) is 2.22. The number of anilines is 1. The van der Waals surface area contributed by atoms with Gasteiger partial charge in [0.2, 0.25) is 0 Å². The first-order valence-corrected chi connectivity index (χ1v) is 8.86. The number of benzene rings is 3. The zero-order valence-corrected chi connectivity index (χ0v) is 14.8. The van der Waals surface area contributed by atoms with E-state index in [0.29, 0.717) is 6.04 Å². The van der Waals surface area contributed by atoms with Crippen LogP contribution >= 0.6 is 0 Å². The molecule has 0 aliphatic heterocycles. The van der Waals surface area contributed by atoms with Gasteiger partial charge in [0.1, 0.15) is 0 Å². The molecule has 0 saturated carbocycles. The molecule has 0 saturated heterocycles. The summed E-state index contributed by atoms with van der Waals surface area (Å²) in [4.78, 5) is 2.46. The summed E-state index contributed by atoms with van der Waals surface area (Å²) in [5.74, 6) is 0. The Morgan fingerprint density at radius 2 is 1.36 bits per heavy atom. The quantitative estimate of drug-likeness (QED) is 0.635. The van der Waals surface area contributed by atoms with E-state index in [4.69, 9.17) is 5.73 Å². The number of nitrogen functional groups attached to an aromatic ring is 1. The molecule has 0 amide bonds. The molecule has 3 aromatic carbocycles. The molecular weight excluding hydrogens is 304 g/mol. The predicted octanol–water partition coefficient (Wildman–Crippen LogP) is 4.73. The molecule has 0 radical (unpaired) electrons. The van der Waals surface area contributed by atoms with Gasteiger partial charge in [0.05, 0.1) is 0 Å². The van der Waals surface area contributed by atoms with E-state index in [-0.39, 0.29) is 0 Å². The molecule has 0 fully saturated rings. The molecule has 0 aromatic heterocycles. The summed E-state index contributed by atoms with van der Waals surface area (Å²) in [5.41, 5.74) is 10.7. The lowest BCUT2D eigenvalue weighted by atomic mass is 9.97. The van der Waals surface area contributed by atoms with Crippen LogP contribution in [0, 0.1) is 0 Å². The Hall–Kier alpha value is -2.58. The maximum Gasteiger partial charge on any atom is 0.0385 e. The first-order chi connectivity index (χ1) is 12.2. The molecule has 0 aliphatic rings. The Morgan fingerprint density at radius 3 is 2.00 bits per heavy atom. The minimum Gasteiger partial charge on any atom is -0.399 e. The lowest BCUT2D eigenvalue weighted by Crippen LogP contribution is -2.28. The molecule has 2 nitrogen and oxygen atoms in total. The fourth-order valence-electron chi connectivity index (χ4n) is 3.19. The van der Waals surface area contributed by atoms with E-state index in [1.807, 2.05) is 12.1 Å². The summed E-state index contributed by atoms with van der Waals surface area (Å²) < 4.78 is 0. The van der Waals surface area contributed by atoms with Gasteiger partial charge < -0.3 is 5.73 Å². The first-order valence-electron chi connectivity index (χ1n) is 8.86. The van der Waals surface area contributed by atoms with Crippen molar-refractivity contribution < 1.29 is 0 Å². The minimum absolute atomic E-state index is 0.373. The van der Waals surface area contributed by atoms with Crippen LogP contribution in [-0.2, 0) is 12.8 Å². The van der Waals surface area contributed by atoms with Crippen LogP contribution in [0.25, 0.3) is 0 Å². The molecule has 3 rings (SSSR count).